The maximum absolute atomic E-state index is 14.8. The molecule has 32 heavy (non-hydrogen) atoms. The van der Waals surface area contributed by atoms with E-state index in [1.54, 1.807) is 6.07 Å². The van der Waals surface area contributed by atoms with E-state index >= 15 is 0 Å². The number of piperidine rings is 2. The van der Waals surface area contributed by atoms with Crippen molar-refractivity contribution in [1.29, 1.82) is 0 Å². The molecule has 0 saturated carbocycles. The highest BCUT2D eigenvalue weighted by atomic mass is 19.1. The third-order valence-corrected chi connectivity index (χ3v) is 7.31. The summed E-state index contributed by atoms with van der Waals surface area (Å²) in [6.07, 6.45) is 3.86. The molecule has 172 valence electrons. The number of aryl methyl sites for hydroxylation is 1. The van der Waals surface area contributed by atoms with E-state index in [-0.39, 0.29) is 17.8 Å². The number of anilines is 1. The topological polar surface area (TPSA) is 35.6 Å². The van der Waals surface area contributed by atoms with E-state index in [1.807, 2.05) is 11.0 Å². The van der Waals surface area contributed by atoms with Crippen molar-refractivity contribution in [2.45, 2.75) is 64.3 Å². The smallest absolute Gasteiger partial charge is 0.321 e. The van der Waals surface area contributed by atoms with Crippen molar-refractivity contribution in [3.05, 3.63) is 65.0 Å². The number of likely N-dealkylation sites (tertiary alicyclic amines) is 2. The summed E-state index contributed by atoms with van der Waals surface area (Å²) in [4.78, 5) is 17.3. The van der Waals surface area contributed by atoms with Crippen LogP contribution in [0.4, 0.5) is 14.9 Å². The molecule has 2 heterocycles. The third kappa shape index (κ3) is 5.15. The van der Waals surface area contributed by atoms with Crippen LogP contribution in [0.3, 0.4) is 0 Å². The quantitative estimate of drug-likeness (QED) is 0.624. The largest absolute Gasteiger partial charge is 0.324 e. The lowest BCUT2D eigenvalue weighted by molar-refractivity contribution is 0.172. The number of amides is 2. The fourth-order valence-corrected chi connectivity index (χ4v) is 5.18. The number of para-hydroxylation sites is 1. The summed E-state index contributed by atoms with van der Waals surface area (Å²) in [7, 11) is 0. The zero-order chi connectivity index (χ0) is 22.7. The van der Waals surface area contributed by atoms with Gasteiger partial charge in [0.25, 0.3) is 0 Å². The van der Waals surface area contributed by atoms with Crippen LogP contribution in [0.15, 0.2) is 42.5 Å². The first-order chi connectivity index (χ1) is 15.4. The van der Waals surface area contributed by atoms with Gasteiger partial charge in [0.05, 0.1) is 5.69 Å². The molecule has 1 N–H and O–H groups in total. The average Bonchev–Trinajstić information content (AvgIpc) is 2.81. The molecule has 2 amide bonds. The average molecular weight is 438 g/mol. The van der Waals surface area contributed by atoms with Crippen LogP contribution in [0.25, 0.3) is 0 Å². The molecule has 0 radical (unpaired) electrons. The second-order valence-corrected chi connectivity index (χ2v) is 9.71. The lowest BCUT2D eigenvalue weighted by Gasteiger charge is -2.36. The molecule has 2 saturated heterocycles. The van der Waals surface area contributed by atoms with Crippen molar-refractivity contribution in [3.63, 3.8) is 0 Å². The van der Waals surface area contributed by atoms with Crippen molar-refractivity contribution in [1.82, 2.24) is 9.80 Å². The number of nitrogens with one attached hydrogen (secondary N) is 1. The molecule has 0 atom stereocenters. The molecule has 0 aliphatic carbocycles. The first-order valence-corrected chi connectivity index (χ1v) is 12.1. The van der Waals surface area contributed by atoms with E-state index in [0.29, 0.717) is 30.7 Å². The number of hydrogen-bond acceptors (Lipinski definition) is 2. The van der Waals surface area contributed by atoms with Gasteiger partial charge in [0.1, 0.15) is 5.82 Å². The molecule has 4 rings (SSSR count). The highest BCUT2D eigenvalue weighted by molar-refractivity contribution is 5.90. The lowest BCUT2D eigenvalue weighted by Crippen LogP contribution is -2.41. The number of halogens is 1. The van der Waals surface area contributed by atoms with Gasteiger partial charge in [0, 0.05) is 19.1 Å². The van der Waals surface area contributed by atoms with Gasteiger partial charge in [-0.1, -0.05) is 42.0 Å². The van der Waals surface area contributed by atoms with Crippen LogP contribution in [0, 0.1) is 12.7 Å². The molecule has 2 fully saturated rings. The predicted octanol–water partition coefficient (Wildman–Crippen LogP) is 6.13. The van der Waals surface area contributed by atoms with Crippen molar-refractivity contribution >= 4 is 11.7 Å². The van der Waals surface area contributed by atoms with Gasteiger partial charge in [0.2, 0.25) is 0 Å². The van der Waals surface area contributed by atoms with E-state index in [0.717, 1.165) is 44.3 Å². The second kappa shape index (κ2) is 10.0. The Balaban J connectivity index is 1.39. The van der Waals surface area contributed by atoms with E-state index in [2.05, 4.69) is 55.3 Å². The van der Waals surface area contributed by atoms with E-state index in [9.17, 15) is 9.18 Å². The molecule has 2 aromatic carbocycles. The first kappa shape index (κ1) is 22.8. The Morgan fingerprint density at radius 1 is 0.938 bits per heavy atom. The highest BCUT2D eigenvalue weighted by Crippen LogP contribution is 2.35. The third-order valence-electron chi connectivity index (χ3n) is 7.31. The fourth-order valence-electron chi connectivity index (χ4n) is 5.18. The molecule has 0 spiro atoms. The normalized spacial score (nSPS) is 18.8. The van der Waals surface area contributed by atoms with Gasteiger partial charge in [-0.3, -0.25) is 0 Å². The van der Waals surface area contributed by atoms with Gasteiger partial charge in [-0.2, -0.15) is 0 Å². The lowest BCUT2D eigenvalue weighted by atomic mass is 9.87. The maximum Gasteiger partial charge on any atom is 0.321 e. The summed E-state index contributed by atoms with van der Waals surface area (Å²) in [6.45, 7) is 9.95. The summed E-state index contributed by atoms with van der Waals surface area (Å²) < 4.78 is 14.8. The molecule has 0 aromatic heterocycles. The van der Waals surface area contributed by atoms with Crippen molar-refractivity contribution in [3.8, 4) is 0 Å². The van der Waals surface area contributed by atoms with E-state index < -0.39 is 0 Å². The number of hydrogen-bond donors (Lipinski definition) is 1. The minimum absolute atomic E-state index is 0.182. The van der Waals surface area contributed by atoms with Crippen LogP contribution >= 0.6 is 0 Å². The van der Waals surface area contributed by atoms with Gasteiger partial charge < -0.3 is 15.1 Å². The number of carbonyl (C=O) groups excluding carboxylic acids is 1. The standard InChI is InChI=1S/C27H36FN3O/c1-19(2)30-15-13-23(14-16-30)24-5-4-6-25(28)26(24)29-27(32)31-17-11-22(12-18-31)21-9-7-20(3)8-10-21/h4-10,19,22-23H,11-18H2,1-3H3,(H,29,32). The summed E-state index contributed by atoms with van der Waals surface area (Å²) in [6, 6.07) is 14.3. The molecule has 0 bridgehead atoms. The minimum Gasteiger partial charge on any atom is -0.324 e. The van der Waals surface area contributed by atoms with Crippen molar-refractivity contribution in [2.75, 3.05) is 31.5 Å². The van der Waals surface area contributed by atoms with Crippen molar-refractivity contribution < 1.29 is 9.18 Å². The van der Waals surface area contributed by atoms with Crippen LogP contribution in [-0.4, -0.2) is 48.1 Å². The Morgan fingerprint density at radius 2 is 1.56 bits per heavy atom. The summed E-state index contributed by atoms with van der Waals surface area (Å²) in [5, 5.41) is 2.94. The first-order valence-electron chi connectivity index (χ1n) is 12.1. The van der Waals surface area contributed by atoms with Gasteiger partial charge >= 0.3 is 6.03 Å². The zero-order valence-corrected chi connectivity index (χ0v) is 19.6. The molecule has 4 nitrogen and oxygen atoms in total. The van der Waals surface area contributed by atoms with Crippen LogP contribution in [0.1, 0.15) is 68.1 Å². The zero-order valence-electron chi connectivity index (χ0n) is 19.6. The number of urea groups is 1. The predicted molar refractivity (Wildman–Crippen MR) is 129 cm³/mol. The molecule has 2 aliphatic rings. The number of benzene rings is 2. The minimum atomic E-state index is -0.336. The van der Waals surface area contributed by atoms with Crippen LogP contribution in [0.2, 0.25) is 0 Å². The van der Waals surface area contributed by atoms with E-state index in [4.69, 9.17) is 0 Å². The van der Waals surface area contributed by atoms with Gasteiger partial charge in [-0.25, -0.2) is 9.18 Å². The Kier molecular flexibility index (Phi) is 7.14. The SMILES string of the molecule is Cc1ccc(C2CCN(C(=O)Nc3c(F)cccc3C3CCN(C(C)C)CC3)CC2)cc1. The fraction of sp³-hybridized carbons (Fsp3) is 0.519. The monoisotopic (exact) mass is 437 g/mol. The summed E-state index contributed by atoms with van der Waals surface area (Å²) in [5.41, 5.74) is 3.93. The Morgan fingerprint density at radius 3 is 2.19 bits per heavy atom. The van der Waals surface area contributed by atoms with Crippen LogP contribution < -0.4 is 5.32 Å². The van der Waals surface area contributed by atoms with Crippen molar-refractivity contribution in [2.24, 2.45) is 0 Å². The molecule has 2 aliphatic heterocycles. The molecule has 2 aromatic rings. The molecule has 0 unspecified atom stereocenters. The second-order valence-electron chi connectivity index (χ2n) is 9.71. The number of rotatable bonds is 4. The molecular formula is C27H36FN3O. The van der Waals surface area contributed by atoms with E-state index in [1.165, 1.54) is 17.2 Å². The number of carbonyl (C=O) groups is 1. The summed E-state index contributed by atoms with van der Waals surface area (Å²) in [5.74, 6) is 0.426. The molecular weight excluding hydrogens is 401 g/mol. The maximum atomic E-state index is 14.8. The van der Waals surface area contributed by atoms with Crippen LogP contribution in [0.5, 0.6) is 0 Å². The molecule has 5 heteroatoms. The van der Waals surface area contributed by atoms with Gasteiger partial charge in [-0.05, 0) is 88.6 Å². The Bertz CT molecular complexity index is 911. The Labute approximate surface area is 191 Å². The Hall–Kier alpha value is -2.40. The van der Waals surface area contributed by atoms with Crippen LogP contribution in [-0.2, 0) is 0 Å². The number of nitrogens with zero attached hydrogens (tertiary/aromatic N) is 2. The van der Waals surface area contributed by atoms with Gasteiger partial charge in [-0.15, -0.1) is 0 Å². The summed E-state index contributed by atoms with van der Waals surface area (Å²) >= 11 is 0. The van der Waals surface area contributed by atoms with Gasteiger partial charge in [0.15, 0.2) is 0 Å². The highest BCUT2D eigenvalue weighted by Gasteiger charge is 2.28.